The number of nitrogens with two attached hydrogens (primary N) is 1. The molecule has 1 aromatic carbocycles. The first-order chi connectivity index (χ1) is 7.00. The molecule has 0 unspecified atom stereocenters. The number of aryl methyl sites for hydroxylation is 2. The fraction of sp³-hybridized carbons (Fsp3) is 0.417. The minimum atomic E-state index is 0.288. The summed E-state index contributed by atoms with van der Waals surface area (Å²) in [4.78, 5) is 4.47. The minimum Gasteiger partial charge on any atom is -0.438 e. The van der Waals surface area contributed by atoms with Crippen molar-refractivity contribution in [3.05, 3.63) is 23.1 Å². The summed E-state index contributed by atoms with van der Waals surface area (Å²) in [5.41, 5.74) is 10.5. The van der Waals surface area contributed by atoms with Crippen LogP contribution in [0, 0.1) is 13.8 Å². The number of fused-ring (bicyclic) bond motifs is 1. The maximum Gasteiger partial charge on any atom is 0.198 e. The van der Waals surface area contributed by atoms with E-state index < -0.39 is 0 Å². The molecule has 0 aliphatic heterocycles. The molecule has 1 heterocycles. The SMILES string of the molecule is Cc1cc(C)c2nc(C(C)C)oc2c1N. The van der Waals surface area contributed by atoms with Gasteiger partial charge in [0, 0.05) is 5.92 Å². The van der Waals surface area contributed by atoms with E-state index in [1.807, 2.05) is 19.9 Å². The van der Waals surface area contributed by atoms with Crippen LogP contribution in [0.5, 0.6) is 0 Å². The molecule has 0 aliphatic carbocycles. The van der Waals surface area contributed by atoms with E-state index in [0.717, 1.165) is 28.1 Å². The molecule has 2 aromatic rings. The second-order valence-corrected chi connectivity index (χ2v) is 4.31. The maximum absolute atomic E-state index is 5.97. The van der Waals surface area contributed by atoms with Crippen LogP contribution in [0.25, 0.3) is 11.1 Å². The van der Waals surface area contributed by atoms with Gasteiger partial charge in [0.15, 0.2) is 11.5 Å². The molecule has 0 saturated heterocycles. The zero-order chi connectivity index (χ0) is 11.2. The second-order valence-electron chi connectivity index (χ2n) is 4.31. The number of nitrogens with zero attached hydrogens (tertiary/aromatic N) is 1. The third-order valence-corrected chi connectivity index (χ3v) is 2.61. The molecule has 0 atom stereocenters. The lowest BCUT2D eigenvalue weighted by atomic mass is 10.1. The summed E-state index contributed by atoms with van der Waals surface area (Å²) < 4.78 is 5.69. The number of benzene rings is 1. The first-order valence-corrected chi connectivity index (χ1v) is 5.16. The average molecular weight is 204 g/mol. The van der Waals surface area contributed by atoms with Crippen molar-refractivity contribution in [3.8, 4) is 0 Å². The Morgan fingerprint density at radius 2 is 1.93 bits per heavy atom. The largest absolute Gasteiger partial charge is 0.438 e. The Kier molecular flexibility index (Phi) is 2.18. The smallest absolute Gasteiger partial charge is 0.198 e. The fourth-order valence-electron chi connectivity index (χ4n) is 1.68. The van der Waals surface area contributed by atoms with Crippen molar-refractivity contribution >= 4 is 16.8 Å². The Morgan fingerprint density at radius 1 is 1.27 bits per heavy atom. The highest BCUT2D eigenvalue weighted by atomic mass is 16.3. The second kappa shape index (κ2) is 3.26. The van der Waals surface area contributed by atoms with E-state index in [4.69, 9.17) is 10.2 Å². The highest BCUT2D eigenvalue weighted by Crippen LogP contribution is 2.30. The molecule has 0 spiro atoms. The van der Waals surface area contributed by atoms with Crippen LogP contribution >= 0.6 is 0 Å². The average Bonchev–Trinajstić information content (AvgIpc) is 2.59. The Labute approximate surface area is 89.3 Å². The van der Waals surface area contributed by atoms with E-state index in [1.54, 1.807) is 0 Å². The molecule has 3 nitrogen and oxygen atoms in total. The van der Waals surface area contributed by atoms with Gasteiger partial charge in [-0.3, -0.25) is 0 Å². The van der Waals surface area contributed by atoms with Crippen LogP contribution in [0.4, 0.5) is 5.69 Å². The summed E-state index contributed by atoms with van der Waals surface area (Å²) in [6.07, 6.45) is 0. The van der Waals surface area contributed by atoms with Gasteiger partial charge in [-0.15, -0.1) is 0 Å². The summed E-state index contributed by atoms with van der Waals surface area (Å²) in [5, 5.41) is 0. The van der Waals surface area contributed by atoms with Crippen molar-refractivity contribution in [1.82, 2.24) is 4.98 Å². The predicted octanol–water partition coefficient (Wildman–Crippen LogP) is 3.15. The van der Waals surface area contributed by atoms with Gasteiger partial charge in [-0.25, -0.2) is 4.98 Å². The zero-order valence-electron chi connectivity index (χ0n) is 9.59. The lowest BCUT2D eigenvalue weighted by Crippen LogP contribution is -1.91. The number of nitrogen functional groups attached to an aromatic ring is 1. The first kappa shape index (κ1) is 10.0. The summed E-state index contributed by atoms with van der Waals surface area (Å²) in [6, 6.07) is 2.05. The zero-order valence-corrected chi connectivity index (χ0v) is 9.59. The molecule has 0 saturated carbocycles. The normalized spacial score (nSPS) is 11.5. The van der Waals surface area contributed by atoms with Crippen LogP contribution in [0.3, 0.4) is 0 Å². The van der Waals surface area contributed by atoms with Crippen LogP contribution in [-0.2, 0) is 0 Å². The molecule has 2 N–H and O–H groups in total. The van der Waals surface area contributed by atoms with E-state index in [2.05, 4.69) is 18.8 Å². The molecule has 0 bridgehead atoms. The minimum absolute atomic E-state index is 0.288. The van der Waals surface area contributed by atoms with Gasteiger partial charge in [0.2, 0.25) is 0 Å². The molecule has 0 fully saturated rings. The van der Waals surface area contributed by atoms with Crippen molar-refractivity contribution < 1.29 is 4.42 Å². The number of rotatable bonds is 1. The number of oxazole rings is 1. The predicted molar refractivity (Wildman–Crippen MR) is 62.0 cm³/mol. The van der Waals surface area contributed by atoms with Gasteiger partial charge in [0.1, 0.15) is 5.52 Å². The van der Waals surface area contributed by atoms with Crippen molar-refractivity contribution in [3.63, 3.8) is 0 Å². The Balaban J connectivity index is 2.80. The van der Waals surface area contributed by atoms with Crippen molar-refractivity contribution in [2.75, 3.05) is 5.73 Å². The van der Waals surface area contributed by atoms with Crippen LogP contribution in [0.2, 0.25) is 0 Å². The highest BCUT2D eigenvalue weighted by molar-refractivity contribution is 5.89. The molecule has 80 valence electrons. The van der Waals surface area contributed by atoms with Gasteiger partial charge >= 0.3 is 0 Å². The van der Waals surface area contributed by atoms with Gasteiger partial charge in [0.25, 0.3) is 0 Å². The number of hydrogen-bond acceptors (Lipinski definition) is 3. The lowest BCUT2D eigenvalue weighted by Gasteiger charge is -2.01. The summed E-state index contributed by atoms with van der Waals surface area (Å²) in [7, 11) is 0. The van der Waals surface area contributed by atoms with Crippen molar-refractivity contribution in [1.29, 1.82) is 0 Å². The van der Waals surface area contributed by atoms with Gasteiger partial charge in [-0.2, -0.15) is 0 Å². The molecule has 1 aromatic heterocycles. The molecular formula is C12H16N2O. The Morgan fingerprint density at radius 3 is 2.53 bits per heavy atom. The summed E-state index contributed by atoms with van der Waals surface area (Å²) in [5.74, 6) is 1.04. The lowest BCUT2D eigenvalue weighted by molar-refractivity contribution is 0.502. The highest BCUT2D eigenvalue weighted by Gasteiger charge is 2.14. The molecule has 0 aliphatic rings. The van der Waals surface area contributed by atoms with Gasteiger partial charge in [0.05, 0.1) is 5.69 Å². The van der Waals surface area contributed by atoms with E-state index in [1.165, 1.54) is 0 Å². The molecule has 3 heteroatoms. The number of anilines is 1. The molecule has 0 amide bonds. The standard InChI is InChI=1S/C12H16N2O/c1-6(2)12-14-10-8(4)5-7(3)9(13)11(10)15-12/h5-6H,13H2,1-4H3. The third-order valence-electron chi connectivity index (χ3n) is 2.61. The molecular weight excluding hydrogens is 188 g/mol. The third kappa shape index (κ3) is 1.48. The van der Waals surface area contributed by atoms with Crippen LogP contribution < -0.4 is 5.73 Å². The molecule has 2 rings (SSSR count). The van der Waals surface area contributed by atoms with Crippen molar-refractivity contribution in [2.45, 2.75) is 33.6 Å². The first-order valence-electron chi connectivity index (χ1n) is 5.16. The van der Waals surface area contributed by atoms with E-state index >= 15 is 0 Å². The molecule has 15 heavy (non-hydrogen) atoms. The monoisotopic (exact) mass is 204 g/mol. The summed E-state index contributed by atoms with van der Waals surface area (Å²) >= 11 is 0. The fourth-order valence-corrected chi connectivity index (χ4v) is 1.68. The Bertz CT molecular complexity index is 512. The maximum atomic E-state index is 5.97. The number of aromatic nitrogens is 1. The van der Waals surface area contributed by atoms with Gasteiger partial charge in [-0.05, 0) is 25.0 Å². The van der Waals surface area contributed by atoms with Gasteiger partial charge in [-0.1, -0.05) is 19.9 Å². The van der Waals surface area contributed by atoms with E-state index in [9.17, 15) is 0 Å². The van der Waals surface area contributed by atoms with Crippen LogP contribution in [0.1, 0.15) is 36.8 Å². The van der Waals surface area contributed by atoms with E-state index in [0.29, 0.717) is 5.69 Å². The Hall–Kier alpha value is -1.51. The molecule has 0 radical (unpaired) electrons. The number of hydrogen-bond donors (Lipinski definition) is 1. The quantitative estimate of drug-likeness (QED) is 0.726. The van der Waals surface area contributed by atoms with Crippen LogP contribution in [-0.4, -0.2) is 4.98 Å². The van der Waals surface area contributed by atoms with Crippen LogP contribution in [0.15, 0.2) is 10.5 Å². The summed E-state index contributed by atoms with van der Waals surface area (Å²) in [6.45, 7) is 8.13. The van der Waals surface area contributed by atoms with E-state index in [-0.39, 0.29) is 5.92 Å². The van der Waals surface area contributed by atoms with Gasteiger partial charge < -0.3 is 10.2 Å². The van der Waals surface area contributed by atoms with Crippen molar-refractivity contribution in [2.24, 2.45) is 0 Å². The topological polar surface area (TPSA) is 52.0 Å².